The van der Waals surface area contributed by atoms with Gasteiger partial charge in [0.1, 0.15) is 0 Å². The summed E-state index contributed by atoms with van der Waals surface area (Å²) in [4.78, 5) is 0. The molecule has 2 heterocycles. The Morgan fingerprint density at radius 2 is 1.90 bits per heavy atom. The highest BCUT2D eigenvalue weighted by Crippen LogP contribution is 2.23. The Balaban J connectivity index is 1.99. The standard InChI is InChI=1S/C14H29N3O3S/c1-13(2)11-15-12-14-5-3-4-6-17(14)21(18,19)16-7-9-20-10-8-16/h13-15H,3-12H2,1-2H3. The van der Waals surface area contributed by atoms with Crippen LogP contribution in [0.5, 0.6) is 0 Å². The fourth-order valence-electron chi connectivity index (χ4n) is 2.95. The average Bonchev–Trinajstić information content (AvgIpc) is 2.48. The van der Waals surface area contributed by atoms with Crippen LogP contribution in [0.4, 0.5) is 0 Å². The van der Waals surface area contributed by atoms with Crippen LogP contribution in [0.3, 0.4) is 0 Å². The Hall–Kier alpha value is -0.210. The van der Waals surface area contributed by atoms with Gasteiger partial charge in [0.2, 0.25) is 0 Å². The van der Waals surface area contributed by atoms with Crippen LogP contribution in [0.25, 0.3) is 0 Å². The summed E-state index contributed by atoms with van der Waals surface area (Å²) in [6.07, 6.45) is 3.03. The molecule has 0 saturated carbocycles. The molecule has 21 heavy (non-hydrogen) atoms. The third-order valence-corrected chi connectivity index (χ3v) is 6.19. The second kappa shape index (κ2) is 7.87. The van der Waals surface area contributed by atoms with E-state index in [0.717, 1.165) is 32.4 Å². The number of rotatable bonds is 6. The van der Waals surface area contributed by atoms with Crippen molar-refractivity contribution in [3.05, 3.63) is 0 Å². The minimum atomic E-state index is -3.34. The third kappa shape index (κ3) is 4.63. The molecule has 2 aliphatic rings. The molecule has 2 saturated heterocycles. The summed E-state index contributed by atoms with van der Waals surface area (Å²) < 4.78 is 34.2. The quantitative estimate of drug-likeness (QED) is 0.781. The van der Waals surface area contributed by atoms with Crippen molar-refractivity contribution in [1.82, 2.24) is 13.9 Å². The minimum absolute atomic E-state index is 0.0883. The van der Waals surface area contributed by atoms with E-state index in [1.807, 2.05) is 0 Å². The lowest BCUT2D eigenvalue weighted by molar-refractivity contribution is 0.0682. The molecule has 1 atom stereocenters. The summed E-state index contributed by atoms with van der Waals surface area (Å²) >= 11 is 0. The van der Waals surface area contributed by atoms with Crippen molar-refractivity contribution in [3.8, 4) is 0 Å². The highest BCUT2D eigenvalue weighted by molar-refractivity contribution is 7.86. The van der Waals surface area contributed by atoms with Crippen LogP contribution in [0.1, 0.15) is 33.1 Å². The lowest BCUT2D eigenvalue weighted by Gasteiger charge is -2.39. The summed E-state index contributed by atoms with van der Waals surface area (Å²) in [5.41, 5.74) is 0. The van der Waals surface area contributed by atoms with Crippen molar-refractivity contribution >= 4 is 10.2 Å². The zero-order chi connectivity index (χ0) is 15.3. The van der Waals surface area contributed by atoms with Crippen LogP contribution in [0.15, 0.2) is 0 Å². The summed E-state index contributed by atoms with van der Waals surface area (Å²) in [5.74, 6) is 0.581. The predicted molar refractivity (Wildman–Crippen MR) is 83.4 cm³/mol. The lowest BCUT2D eigenvalue weighted by atomic mass is 10.0. The van der Waals surface area contributed by atoms with Gasteiger partial charge in [-0.1, -0.05) is 20.3 Å². The van der Waals surface area contributed by atoms with Gasteiger partial charge in [-0.2, -0.15) is 17.0 Å². The first-order chi connectivity index (χ1) is 10.0. The highest BCUT2D eigenvalue weighted by atomic mass is 32.2. The maximum Gasteiger partial charge on any atom is 0.282 e. The van der Waals surface area contributed by atoms with E-state index in [1.165, 1.54) is 0 Å². The molecule has 1 N–H and O–H groups in total. The molecular formula is C14H29N3O3S. The van der Waals surface area contributed by atoms with E-state index in [2.05, 4.69) is 19.2 Å². The minimum Gasteiger partial charge on any atom is -0.379 e. The molecule has 0 radical (unpaired) electrons. The van der Waals surface area contributed by atoms with E-state index >= 15 is 0 Å². The molecule has 0 aromatic carbocycles. The van der Waals surface area contributed by atoms with Gasteiger partial charge in [0.25, 0.3) is 10.2 Å². The molecule has 6 nitrogen and oxygen atoms in total. The predicted octanol–water partition coefficient (Wildman–Crippen LogP) is 0.664. The first-order valence-corrected chi connectivity index (χ1v) is 9.47. The van der Waals surface area contributed by atoms with E-state index in [1.54, 1.807) is 8.61 Å². The summed E-state index contributed by atoms with van der Waals surface area (Å²) in [7, 11) is -3.34. The monoisotopic (exact) mass is 319 g/mol. The third-order valence-electron chi connectivity index (χ3n) is 4.10. The lowest BCUT2D eigenvalue weighted by Crippen LogP contribution is -2.55. The van der Waals surface area contributed by atoms with Crippen molar-refractivity contribution in [2.24, 2.45) is 5.92 Å². The van der Waals surface area contributed by atoms with E-state index in [-0.39, 0.29) is 6.04 Å². The molecule has 0 amide bonds. The number of piperidine rings is 1. The van der Waals surface area contributed by atoms with Crippen LogP contribution in [-0.4, -0.2) is 69.0 Å². The number of nitrogens with zero attached hydrogens (tertiary/aromatic N) is 2. The van der Waals surface area contributed by atoms with E-state index in [4.69, 9.17) is 4.74 Å². The smallest absolute Gasteiger partial charge is 0.282 e. The molecule has 2 rings (SSSR count). The van der Waals surface area contributed by atoms with E-state index in [0.29, 0.717) is 38.8 Å². The zero-order valence-corrected chi connectivity index (χ0v) is 14.1. The topological polar surface area (TPSA) is 61.9 Å². The van der Waals surface area contributed by atoms with Crippen LogP contribution >= 0.6 is 0 Å². The largest absolute Gasteiger partial charge is 0.379 e. The van der Waals surface area contributed by atoms with Gasteiger partial charge in [0.15, 0.2) is 0 Å². The maximum atomic E-state index is 12.8. The van der Waals surface area contributed by atoms with Gasteiger partial charge in [-0.3, -0.25) is 0 Å². The van der Waals surface area contributed by atoms with Gasteiger partial charge in [0.05, 0.1) is 13.2 Å². The summed E-state index contributed by atoms with van der Waals surface area (Å²) in [6.45, 7) is 8.62. The summed E-state index contributed by atoms with van der Waals surface area (Å²) in [6, 6.07) is 0.0883. The fourth-order valence-corrected chi connectivity index (χ4v) is 4.77. The van der Waals surface area contributed by atoms with Crippen LogP contribution in [0.2, 0.25) is 0 Å². The van der Waals surface area contributed by atoms with Crippen molar-refractivity contribution in [3.63, 3.8) is 0 Å². The van der Waals surface area contributed by atoms with Gasteiger partial charge >= 0.3 is 0 Å². The first kappa shape index (κ1) is 17.1. The fraction of sp³-hybridized carbons (Fsp3) is 1.00. The first-order valence-electron chi connectivity index (χ1n) is 8.07. The Morgan fingerprint density at radius 1 is 1.19 bits per heavy atom. The number of morpholine rings is 1. The van der Waals surface area contributed by atoms with Crippen LogP contribution in [0, 0.1) is 5.92 Å². The molecule has 7 heteroatoms. The number of hydrogen-bond acceptors (Lipinski definition) is 4. The Kier molecular flexibility index (Phi) is 6.43. The molecule has 2 aliphatic heterocycles. The van der Waals surface area contributed by atoms with Gasteiger partial charge < -0.3 is 10.1 Å². The van der Waals surface area contributed by atoms with Gasteiger partial charge in [0, 0.05) is 32.2 Å². The molecule has 0 bridgehead atoms. The number of hydrogen-bond donors (Lipinski definition) is 1. The van der Waals surface area contributed by atoms with Gasteiger partial charge in [-0.25, -0.2) is 0 Å². The molecule has 124 valence electrons. The van der Waals surface area contributed by atoms with E-state index in [9.17, 15) is 8.42 Å². The van der Waals surface area contributed by atoms with Crippen LogP contribution < -0.4 is 5.32 Å². The van der Waals surface area contributed by atoms with Crippen molar-refractivity contribution in [1.29, 1.82) is 0 Å². The average molecular weight is 319 g/mol. The molecule has 2 fully saturated rings. The maximum absolute atomic E-state index is 12.8. The Labute approximate surface area is 129 Å². The normalized spacial score (nSPS) is 26.3. The molecule has 0 aromatic rings. The number of ether oxygens (including phenoxy) is 1. The van der Waals surface area contributed by atoms with Crippen molar-refractivity contribution < 1.29 is 13.2 Å². The molecule has 0 aromatic heterocycles. The molecule has 0 spiro atoms. The van der Waals surface area contributed by atoms with E-state index < -0.39 is 10.2 Å². The molecule has 1 unspecified atom stereocenters. The van der Waals surface area contributed by atoms with Crippen molar-refractivity contribution in [2.75, 3.05) is 45.9 Å². The highest BCUT2D eigenvalue weighted by Gasteiger charge is 2.36. The Morgan fingerprint density at radius 3 is 2.57 bits per heavy atom. The second-order valence-electron chi connectivity index (χ2n) is 6.33. The van der Waals surface area contributed by atoms with Crippen molar-refractivity contribution in [2.45, 2.75) is 39.2 Å². The van der Waals surface area contributed by atoms with Crippen LogP contribution in [-0.2, 0) is 14.9 Å². The molecule has 0 aliphatic carbocycles. The SMILES string of the molecule is CC(C)CNCC1CCCCN1S(=O)(=O)N1CCOCC1. The number of nitrogens with one attached hydrogen (secondary N) is 1. The second-order valence-corrected chi connectivity index (χ2v) is 8.21. The Bertz CT molecular complexity index is 408. The molecular weight excluding hydrogens is 290 g/mol. The van der Waals surface area contributed by atoms with Gasteiger partial charge in [-0.05, 0) is 25.3 Å². The summed E-state index contributed by atoms with van der Waals surface area (Å²) in [5, 5.41) is 3.41. The van der Waals surface area contributed by atoms with Gasteiger partial charge in [-0.15, -0.1) is 0 Å². The zero-order valence-electron chi connectivity index (χ0n) is 13.3.